The molecule has 3 aliphatic rings. The van der Waals surface area contributed by atoms with Crippen LogP contribution in [0.5, 0.6) is 0 Å². The maximum atomic E-state index is 10.8. The van der Waals surface area contributed by atoms with Gasteiger partial charge in [-0.2, -0.15) is 0 Å². The zero-order valence-electron chi connectivity index (χ0n) is 12.7. The van der Waals surface area contributed by atoms with Gasteiger partial charge in [0.15, 0.2) is 6.29 Å². The molecular formula is C17H22ClN3O. The largest absolute Gasteiger partial charge is 0.369 e. The van der Waals surface area contributed by atoms with E-state index in [0.29, 0.717) is 16.0 Å². The number of hydrogen-bond acceptors (Lipinski definition) is 4. The van der Waals surface area contributed by atoms with Crippen LogP contribution < -0.4 is 10.2 Å². The van der Waals surface area contributed by atoms with Gasteiger partial charge in [0.1, 0.15) is 0 Å². The average molecular weight is 320 g/mol. The monoisotopic (exact) mass is 319 g/mol. The fourth-order valence-electron chi connectivity index (χ4n) is 4.12. The third kappa shape index (κ3) is 2.43. The molecule has 4 nitrogen and oxygen atoms in total. The zero-order chi connectivity index (χ0) is 15.2. The first-order valence-corrected chi connectivity index (χ1v) is 8.51. The summed E-state index contributed by atoms with van der Waals surface area (Å²) in [5.41, 5.74) is 2.35. The second kappa shape index (κ2) is 5.52. The number of carbonyl (C=O) groups is 1. The van der Waals surface area contributed by atoms with Crippen LogP contribution in [0.25, 0.3) is 0 Å². The van der Waals surface area contributed by atoms with Gasteiger partial charge in [0, 0.05) is 56.6 Å². The number of hydrogen-bond donors (Lipinski definition) is 1. The fourth-order valence-corrected chi connectivity index (χ4v) is 4.34. The molecule has 3 fully saturated rings. The third-order valence-electron chi connectivity index (χ3n) is 5.64. The Morgan fingerprint density at radius 2 is 1.91 bits per heavy atom. The Hall–Kier alpha value is -1.10. The standard InChI is InChI=1S/C17H22ClN3O/c18-16-7-14(2-1-13(16)10-22)20-3-5-21(6-4-20)15-8-17(9-15)11-19-12-17/h1-2,7,10,15,19H,3-6,8-9,11-12H2. The molecule has 0 radical (unpaired) electrons. The number of benzene rings is 1. The number of anilines is 1. The highest BCUT2D eigenvalue weighted by Gasteiger charge is 2.50. The molecule has 2 heterocycles. The quantitative estimate of drug-likeness (QED) is 0.865. The van der Waals surface area contributed by atoms with E-state index < -0.39 is 0 Å². The second-order valence-corrected chi connectivity index (χ2v) is 7.42. The SMILES string of the molecule is O=Cc1ccc(N2CCN(C3CC4(CNC4)C3)CC2)cc1Cl. The summed E-state index contributed by atoms with van der Waals surface area (Å²) in [6.07, 6.45) is 3.56. The molecular weight excluding hydrogens is 298 g/mol. The highest BCUT2D eigenvalue weighted by Crippen LogP contribution is 2.46. The van der Waals surface area contributed by atoms with E-state index in [1.165, 1.54) is 25.9 Å². The molecule has 1 aromatic rings. The lowest BCUT2D eigenvalue weighted by atomic mass is 9.61. The molecule has 0 aromatic heterocycles. The predicted octanol–water partition coefficient (Wildman–Crippen LogP) is 2.03. The van der Waals surface area contributed by atoms with E-state index in [1.54, 1.807) is 0 Å². The molecule has 0 amide bonds. The van der Waals surface area contributed by atoms with Gasteiger partial charge >= 0.3 is 0 Å². The van der Waals surface area contributed by atoms with Crippen LogP contribution in [0.15, 0.2) is 18.2 Å². The van der Waals surface area contributed by atoms with E-state index in [9.17, 15) is 4.79 Å². The van der Waals surface area contributed by atoms with Gasteiger partial charge in [-0.05, 0) is 36.5 Å². The van der Waals surface area contributed by atoms with E-state index >= 15 is 0 Å². The third-order valence-corrected chi connectivity index (χ3v) is 5.97. The summed E-state index contributed by atoms with van der Waals surface area (Å²) in [7, 11) is 0. The van der Waals surface area contributed by atoms with Crippen LogP contribution in [0.4, 0.5) is 5.69 Å². The molecule has 0 bridgehead atoms. The van der Waals surface area contributed by atoms with Crippen molar-refractivity contribution in [3.05, 3.63) is 28.8 Å². The molecule has 1 aliphatic carbocycles. The number of piperazine rings is 1. The first-order chi connectivity index (χ1) is 10.7. The Labute approximate surface area is 136 Å². The minimum Gasteiger partial charge on any atom is -0.369 e. The lowest BCUT2D eigenvalue weighted by Gasteiger charge is -2.58. The van der Waals surface area contributed by atoms with Gasteiger partial charge in [0.05, 0.1) is 5.02 Å². The molecule has 118 valence electrons. The van der Waals surface area contributed by atoms with Crippen molar-refractivity contribution < 1.29 is 4.79 Å². The summed E-state index contributed by atoms with van der Waals surface area (Å²) >= 11 is 6.14. The fraction of sp³-hybridized carbons (Fsp3) is 0.588. The molecule has 0 atom stereocenters. The Morgan fingerprint density at radius 3 is 2.45 bits per heavy atom. The summed E-state index contributed by atoms with van der Waals surface area (Å²) in [4.78, 5) is 15.9. The van der Waals surface area contributed by atoms with Crippen molar-refractivity contribution in [3.8, 4) is 0 Å². The van der Waals surface area contributed by atoms with Crippen molar-refractivity contribution in [3.63, 3.8) is 0 Å². The predicted molar refractivity (Wildman–Crippen MR) is 89.0 cm³/mol. The lowest BCUT2D eigenvalue weighted by Crippen LogP contribution is -2.66. The summed E-state index contributed by atoms with van der Waals surface area (Å²) in [6, 6.07) is 6.53. The smallest absolute Gasteiger partial charge is 0.151 e. The highest BCUT2D eigenvalue weighted by molar-refractivity contribution is 6.33. The molecule has 2 aliphatic heterocycles. The molecule has 1 aromatic carbocycles. The maximum Gasteiger partial charge on any atom is 0.151 e. The van der Waals surface area contributed by atoms with E-state index in [2.05, 4.69) is 15.1 Å². The second-order valence-electron chi connectivity index (χ2n) is 7.01. The van der Waals surface area contributed by atoms with E-state index in [1.807, 2.05) is 18.2 Å². The Balaban J connectivity index is 1.34. The lowest BCUT2D eigenvalue weighted by molar-refractivity contribution is -0.0373. The number of halogens is 1. The van der Waals surface area contributed by atoms with E-state index in [4.69, 9.17) is 11.6 Å². The van der Waals surface area contributed by atoms with Gasteiger partial charge in [0.2, 0.25) is 0 Å². The van der Waals surface area contributed by atoms with Gasteiger partial charge in [-0.3, -0.25) is 9.69 Å². The molecule has 0 unspecified atom stereocenters. The Kier molecular flexibility index (Phi) is 3.63. The molecule has 2 saturated heterocycles. The van der Waals surface area contributed by atoms with Crippen LogP contribution in [0.3, 0.4) is 0 Å². The van der Waals surface area contributed by atoms with Gasteiger partial charge < -0.3 is 10.2 Å². The summed E-state index contributed by atoms with van der Waals surface area (Å²) in [5, 5.41) is 3.96. The number of aldehydes is 1. The van der Waals surface area contributed by atoms with Crippen molar-refractivity contribution in [2.24, 2.45) is 5.41 Å². The van der Waals surface area contributed by atoms with Crippen LogP contribution >= 0.6 is 11.6 Å². The average Bonchev–Trinajstić information content (AvgIpc) is 2.45. The van der Waals surface area contributed by atoms with Crippen molar-refractivity contribution >= 4 is 23.6 Å². The van der Waals surface area contributed by atoms with Gasteiger partial charge in [-0.15, -0.1) is 0 Å². The van der Waals surface area contributed by atoms with E-state index in [0.717, 1.165) is 44.2 Å². The number of nitrogens with one attached hydrogen (secondary N) is 1. The number of carbonyl (C=O) groups excluding carboxylic acids is 1. The Morgan fingerprint density at radius 1 is 1.18 bits per heavy atom. The van der Waals surface area contributed by atoms with Crippen LogP contribution in [0.1, 0.15) is 23.2 Å². The number of nitrogens with zero attached hydrogens (tertiary/aromatic N) is 2. The van der Waals surface area contributed by atoms with Crippen molar-refractivity contribution in [1.82, 2.24) is 10.2 Å². The highest BCUT2D eigenvalue weighted by atomic mass is 35.5. The number of rotatable bonds is 3. The summed E-state index contributed by atoms with van der Waals surface area (Å²) < 4.78 is 0. The molecule has 22 heavy (non-hydrogen) atoms. The van der Waals surface area contributed by atoms with Crippen LogP contribution in [-0.4, -0.2) is 56.5 Å². The van der Waals surface area contributed by atoms with E-state index in [-0.39, 0.29) is 0 Å². The maximum absolute atomic E-state index is 10.8. The topological polar surface area (TPSA) is 35.6 Å². The van der Waals surface area contributed by atoms with Gasteiger partial charge in [0.25, 0.3) is 0 Å². The normalized spacial score (nSPS) is 24.9. The summed E-state index contributed by atoms with van der Waals surface area (Å²) in [6.45, 7) is 6.79. The van der Waals surface area contributed by atoms with Crippen molar-refractivity contribution in [2.45, 2.75) is 18.9 Å². The van der Waals surface area contributed by atoms with Gasteiger partial charge in [-0.25, -0.2) is 0 Å². The zero-order valence-corrected chi connectivity index (χ0v) is 13.5. The van der Waals surface area contributed by atoms with Crippen LogP contribution in [0, 0.1) is 5.41 Å². The first kappa shape index (κ1) is 14.5. The molecule has 1 spiro atoms. The molecule has 1 N–H and O–H groups in total. The van der Waals surface area contributed by atoms with Crippen molar-refractivity contribution in [1.29, 1.82) is 0 Å². The Bertz CT molecular complexity index is 571. The van der Waals surface area contributed by atoms with Crippen molar-refractivity contribution in [2.75, 3.05) is 44.2 Å². The molecule has 5 heteroatoms. The molecule has 4 rings (SSSR count). The molecule has 1 saturated carbocycles. The first-order valence-electron chi connectivity index (χ1n) is 8.14. The van der Waals surface area contributed by atoms with Crippen LogP contribution in [-0.2, 0) is 0 Å². The minimum absolute atomic E-state index is 0.549. The minimum atomic E-state index is 0.549. The summed E-state index contributed by atoms with van der Waals surface area (Å²) in [5.74, 6) is 0. The van der Waals surface area contributed by atoms with Crippen LogP contribution in [0.2, 0.25) is 5.02 Å². The van der Waals surface area contributed by atoms with Gasteiger partial charge in [-0.1, -0.05) is 11.6 Å².